The quantitative estimate of drug-likeness (QED) is 0.819. The molecule has 1 fully saturated rings. The van der Waals surface area contributed by atoms with Gasteiger partial charge in [-0.25, -0.2) is 0 Å². The van der Waals surface area contributed by atoms with Crippen molar-refractivity contribution in [3.8, 4) is 0 Å². The molecule has 1 saturated heterocycles. The van der Waals surface area contributed by atoms with Gasteiger partial charge in [-0.05, 0) is 37.1 Å². The van der Waals surface area contributed by atoms with Crippen molar-refractivity contribution in [2.24, 2.45) is 0 Å². The Bertz CT molecular complexity index is 825. The van der Waals surface area contributed by atoms with Gasteiger partial charge < -0.3 is 15.1 Å². The minimum absolute atomic E-state index is 0.00577. The first kappa shape index (κ1) is 19.2. The number of likely N-dealkylation sites (N-methyl/N-ethyl adjacent to an activating group) is 1. The molecule has 1 heterocycles. The molecule has 142 valence electrons. The summed E-state index contributed by atoms with van der Waals surface area (Å²) in [5.41, 5.74) is 2.57. The average molecular weight is 386 g/mol. The Balaban J connectivity index is 1.63. The molecule has 27 heavy (non-hydrogen) atoms. The van der Waals surface area contributed by atoms with Gasteiger partial charge in [0.15, 0.2) is 0 Å². The van der Waals surface area contributed by atoms with Crippen LogP contribution in [0.25, 0.3) is 0 Å². The average Bonchev–Trinajstić information content (AvgIpc) is 3.07. The van der Waals surface area contributed by atoms with Crippen molar-refractivity contribution in [2.75, 3.05) is 23.8 Å². The van der Waals surface area contributed by atoms with E-state index in [1.54, 1.807) is 22.9 Å². The molecule has 0 radical (unpaired) electrons. The molecule has 6 heteroatoms. The first-order valence-electron chi connectivity index (χ1n) is 9.11. The number of halogens is 1. The summed E-state index contributed by atoms with van der Waals surface area (Å²) in [5.74, 6) is 0.0949. The Morgan fingerprint density at radius 1 is 1.26 bits per heavy atom. The smallest absolute Gasteiger partial charge is 0.244 e. The third kappa shape index (κ3) is 4.61. The largest absolute Gasteiger partial charge is 0.374 e. The molecule has 1 aliphatic rings. The van der Waals surface area contributed by atoms with Gasteiger partial charge >= 0.3 is 0 Å². The van der Waals surface area contributed by atoms with Crippen LogP contribution in [0, 0.1) is 0 Å². The first-order valence-corrected chi connectivity index (χ1v) is 9.49. The highest BCUT2D eigenvalue weighted by molar-refractivity contribution is 6.34. The van der Waals surface area contributed by atoms with E-state index in [9.17, 15) is 9.59 Å². The van der Waals surface area contributed by atoms with Crippen molar-refractivity contribution in [1.29, 1.82) is 0 Å². The second kappa shape index (κ2) is 8.44. The van der Waals surface area contributed by atoms with E-state index in [0.717, 1.165) is 23.4 Å². The minimum atomic E-state index is -0.394. The summed E-state index contributed by atoms with van der Waals surface area (Å²) in [7, 11) is 1.79. The summed E-state index contributed by atoms with van der Waals surface area (Å²) in [6.45, 7) is 3.09. The number of carbonyl (C=O) groups is 2. The third-order valence-electron chi connectivity index (χ3n) is 4.70. The van der Waals surface area contributed by atoms with E-state index in [1.165, 1.54) is 0 Å². The van der Waals surface area contributed by atoms with Crippen LogP contribution in [0.2, 0.25) is 5.02 Å². The zero-order valence-corrected chi connectivity index (χ0v) is 16.4. The van der Waals surface area contributed by atoms with E-state index < -0.39 is 6.04 Å². The molecular formula is C21H24ClN3O2. The number of rotatable bonds is 6. The summed E-state index contributed by atoms with van der Waals surface area (Å²) >= 11 is 6.38. The van der Waals surface area contributed by atoms with Gasteiger partial charge in [-0.1, -0.05) is 41.9 Å². The fourth-order valence-corrected chi connectivity index (χ4v) is 3.58. The predicted molar refractivity (Wildman–Crippen MR) is 109 cm³/mol. The lowest BCUT2D eigenvalue weighted by molar-refractivity contribution is -0.130. The van der Waals surface area contributed by atoms with Crippen molar-refractivity contribution >= 4 is 34.8 Å². The van der Waals surface area contributed by atoms with E-state index in [0.29, 0.717) is 24.5 Å². The standard InChI is InChI=1S/C21H24ClN3O2/c1-15(21(27)24(2)14-16-7-4-3-5-8-16)23-17-10-11-19(18(22)13-17)25-12-6-9-20(25)26/h3-5,7-8,10-11,13,15,23H,6,9,12,14H2,1-2H3/t15-/m1/s1. The van der Waals surface area contributed by atoms with E-state index >= 15 is 0 Å². The Labute approximate surface area is 164 Å². The second-order valence-electron chi connectivity index (χ2n) is 6.86. The summed E-state index contributed by atoms with van der Waals surface area (Å²) < 4.78 is 0. The fraction of sp³-hybridized carbons (Fsp3) is 0.333. The summed E-state index contributed by atoms with van der Waals surface area (Å²) in [4.78, 5) is 28.0. The molecular weight excluding hydrogens is 362 g/mol. The van der Waals surface area contributed by atoms with Crippen LogP contribution < -0.4 is 10.2 Å². The fourth-order valence-electron chi connectivity index (χ4n) is 3.30. The van der Waals surface area contributed by atoms with Gasteiger partial charge in [-0.3, -0.25) is 9.59 Å². The topological polar surface area (TPSA) is 52.7 Å². The van der Waals surface area contributed by atoms with Crippen molar-refractivity contribution in [1.82, 2.24) is 4.90 Å². The number of hydrogen-bond donors (Lipinski definition) is 1. The van der Waals surface area contributed by atoms with Crippen LogP contribution in [-0.4, -0.2) is 36.3 Å². The van der Waals surface area contributed by atoms with Crippen LogP contribution in [0.5, 0.6) is 0 Å². The lowest BCUT2D eigenvalue weighted by Gasteiger charge is -2.23. The molecule has 0 saturated carbocycles. The molecule has 0 aliphatic carbocycles. The lowest BCUT2D eigenvalue weighted by atomic mass is 10.2. The Kier molecular flexibility index (Phi) is 6.01. The Hall–Kier alpha value is -2.53. The summed E-state index contributed by atoms with van der Waals surface area (Å²) in [6, 6.07) is 14.9. The van der Waals surface area contributed by atoms with Gasteiger partial charge in [0.1, 0.15) is 6.04 Å². The van der Waals surface area contributed by atoms with Crippen LogP contribution in [0.3, 0.4) is 0 Å². The molecule has 0 spiro atoms. The van der Waals surface area contributed by atoms with Gasteiger partial charge in [0.25, 0.3) is 0 Å². The number of amides is 2. The normalized spacial score (nSPS) is 14.9. The molecule has 1 atom stereocenters. The summed E-state index contributed by atoms with van der Waals surface area (Å²) in [5, 5.41) is 3.71. The van der Waals surface area contributed by atoms with Crippen LogP contribution in [0.1, 0.15) is 25.3 Å². The molecule has 0 unspecified atom stereocenters. The molecule has 2 amide bonds. The highest BCUT2D eigenvalue weighted by Crippen LogP contribution is 2.31. The molecule has 2 aromatic rings. The monoisotopic (exact) mass is 385 g/mol. The molecule has 0 aromatic heterocycles. The van der Waals surface area contributed by atoms with Crippen LogP contribution in [0.4, 0.5) is 11.4 Å². The van der Waals surface area contributed by atoms with Gasteiger partial charge in [-0.2, -0.15) is 0 Å². The van der Waals surface area contributed by atoms with E-state index in [-0.39, 0.29) is 11.8 Å². The number of benzene rings is 2. The zero-order chi connectivity index (χ0) is 19.4. The molecule has 1 aliphatic heterocycles. The highest BCUT2D eigenvalue weighted by atomic mass is 35.5. The van der Waals surface area contributed by atoms with E-state index in [2.05, 4.69) is 5.32 Å². The van der Waals surface area contributed by atoms with Crippen molar-refractivity contribution in [3.05, 3.63) is 59.1 Å². The number of nitrogens with one attached hydrogen (secondary N) is 1. The Morgan fingerprint density at radius 2 is 2.00 bits per heavy atom. The van der Waals surface area contributed by atoms with Crippen molar-refractivity contribution in [3.63, 3.8) is 0 Å². The maximum atomic E-state index is 12.6. The van der Waals surface area contributed by atoms with Gasteiger partial charge in [-0.15, -0.1) is 0 Å². The highest BCUT2D eigenvalue weighted by Gasteiger charge is 2.24. The Morgan fingerprint density at radius 3 is 2.63 bits per heavy atom. The summed E-state index contributed by atoms with van der Waals surface area (Å²) in [6.07, 6.45) is 1.42. The number of nitrogens with zero attached hydrogens (tertiary/aromatic N) is 2. The molecule has 5 nitrogen and oxygen atoms in total. The maximum Gasteiger partial charge on any atom is 0.244 e. The first-order chi connectivity index (χ1) is 13.0. The van der Waals surface area contributed by atoms with Gasteiger partial charge in [0.2, 0.25) is 11.8 Å². The lowest BCUT2D eigenvalue weighted by Crippen LogP contribution is -2.38. The van der Waals surface area contributed by atoms with Crippen LogP contribution in [0.15, 0.2) is 48.5 Å². The van der Waals surface area contributed by atoms with E-state index in [1.807, 2.05) is 49.4 Å². The molecule has 2 aromatic carbocycles. The predicted octanol–water partition coefficient (Wildman–Crippen LogP) is 3.93. The van der Waals surface area contributed by atoms with Crippen molar-refractivity contribution < 1.29 is 9.59 Å². The maximum absolute atomic E-state index is 12.6. The van der Waals surface area contributed by atoms with E-state index in [4.69, 9.17) is 11.6 Å². The molecule has 1 N–H and O–H groups in total. The molecule has 0 bridgehead atoms. The second-order valence-corrected chi connectivity index (χ2v) is 7.27. The number of anilines is 2. The number of carbonyl (C=O) groups excluding carboxylic acids is 2. The van der Waals surface area contributed by atoms with Crippen LogP contribution >= 0.6 is 11.6 Å². The molecule has 3 rings (SSSR count). The van der Waals surface area contributed by atoms with Gasteiger partial charge in [0, 0.05) is 32.2 Å². The van der Waals surface area contributed by atoms with Gasteiger partial charge in [0.05, 0.1) is 10.7 Å². The minimum Gasteiger partial charge on any atom is -0.374 e. The van der Waals surface area contributed by atoms with Crippen molar-refractivity contribution in [2.45, 2.75) is 32.4 Å². The third-order valence-corrected chi connectivity index (χ3v) is 5.01. The number of hydrogen-bond acceptors (Lipinski definition) is 3. The van der Waals surface area contributed by atoms with Crippen LogP contribution in [-0.2, 0) is 16.1 Å². The zero-order valence-electron chi connectivity index (χ0n) is 15.6. The SMILES string of the molecule is C[C@@H](Nc1ccc(N2CCCC2=O)c(Cl)c1)C(=O)N(C)Cc1ccccc1.